The molecule has 1 heterocycles. The summed E-state index contributed by atoms with van der Waals surface area (Å²) in [5.41, 5.74) is -1.68. The summed E-state index contributed by atoms with van der Waals surface area (Å²) in [6.07, 6.45) is 2.25. The lowest BCUT2D eigenvalue weighted by Crippen LogP contribution is -2.62. The first-order valence-corrected chi connectivity index (χ1v) is 16.3. The first-order chi connectivity index (χ1) is 20.6. The zero-order chi connectivity index (χ0) is 34.2. The van der Waals surface area contributed by atoms with Crippen molar-refractivity contribution < 1.29 is 33.5 Å². The van der Waals surface area contributed by atoms with Crippen LogP contribution in [0.1, 0.15) is 95.4 Å². The molecule has 0 aromatic carbocycles. The number of carbonyl (C=O) groups is 6. The fourth-order valence-corrected chi connectivity index (χ4v) is 6.39. The van der Waals surface area contributed by atoms with Crippen molar-refractivity contribution in [3.63, 3.8) is 0 Å². The van der Waals surface area contributed by atoms with Crippen molar-refractivity contribution in [1.82, 2.24) is 26.2 Å². The predicted octanol–water partition coefficient (Wildman–Crippen LogP) is 2.54. The van der Waals surface area contributed by atoms with Gasteiger partial charge in [-0.15, -0.1) is 0 Å². The van der Waals surface area contributed by atoms with Crippen LogP contribution >= 0.6 is 0 Å². The van der Waals surface area contributed by atoms with E-state index in [1.165, 1.54) is 4.90 Å². The predicted molar refractivity (Wildman–Crippen MR) is 169 cm³/mol. The second kappa shape index (κ2) is 13.3. The molecular formula is C33H55N5O7. The number of rotatable bonds is 12. The zero-order valence-corrected chi connectivity index (χ0v) is 29.0. The van der Waals surface area contributed by atoms with Crippen molar-refractivity contribution in [2.24, 2.45) is 34.5 Å². The summed E-state index contributed by atoms with van der Waals surface area (Å²) in [5, 5.41) is 10.8. The second-order valence-corrected chi connectivity index (χ2v) is 16.0. The molecule has 5 amide bonds. The molecule has 2 saturated carbocycles. The molecule has 4 N–H and O–H groups in total. The van der Waals surface area contributed by atoms with Crippen LogP contribution in [-0.4, -0.2) is 83.3 Å². The smallest absolute Gasteiger partial charge is 0.329 e. The first kappa shape index (κ1) is 36.3. The molecule has 0 aromatic rings. The van der Waals surface area contributed by atoms with E-state index < -0.39 is 70.7 Å². The monoisotopic (exact) mass is 633 g/mol. The Bertz CT molecular complexity index is 1180. The minimum atomic E-state index is -1.03. The summed E-state index contributed by atoms with van der Waals surface area (Å²) >= 11 is 0. The molecule has 3 aliphatic rings. The number of urea groups is 1. The number of nitrogens with zero attached hydrogens (tertiary/aromatic N) is 1. The molecule has 3 rings (SSSR count). The number of piperidine rings is 1. The maximum atomic E-state index is 14.2. The Morgan fingerprint density at radius 1 is 0.933 bits per heavy atom. The van der Waals surface area contributed by atoms with Crippen LogP contribution < -0.4 is 21.3 Å². The van der Waals surface area contributed by atoms with Crippen LogP contribution in [0.2, 0.25) is 0 Å². The standard InChI is InChI=1S/C33H55N5O7/c1-12-34-27(41)24(39)20(15-18-13-14-18)35-26(40)23-21-19(33(21,10)11)16-38(23)28(42)25(31(4,5)6)37-30(44)36-22(17(2)3)29(43)45-32(7,8)9/h17-23,25H,12-16H2,1-11H3,(H,34,41)(H,35,40)(H2,36,37,44)/t19-,20?,21-,22-,23-,25+/m0/s1. The van der Waals surface area contributed by atoms with Crippen LogP contribution in [0.25, 0.3) is 0 Å². The van der Waals surface area contributed by atoms with Gasteiger partial charge in [0.15, 0.2) is 0 Å². The number of likely N-dealkylation sites (tertiary alicyclic amines) is 1. The number of ether oxygens (including phenoxy) is 1. The van der Waals surface area contributed by atoms with Gasteiger partial charge >= 0.3 is 12.0 Å². The van der Waals surface area contributed by atoms with Gasteiger partial charge in [-0.1, -0.05) is 61.3 Å². The molecule has 12 heteroatoms. The number of fused-ring (bicyclic) bond motifs is 1. The van der Waals surface area contributed by atoms with Crippen LogP contribution in [-0.2, 0) is 28.7 Å². The van der Waals surface area contributed by atoms with Crippen LogP contribution in [0, 0.1) is 34.5 Å². The molecule has 1 saturated heterocycles. The number of likely N-dealkylation sites (N-methyl/N-ethyl adjacent to an activating group) is 1. The van der Waals surface area contributed by atoms with E-state index in [1.54, 1.807) is 41.5 Å². The molecule has 12 nitrogen and oxygen atoms in total. The Morgan fingerprint density at radius 2 is 1.53 bits per heavy atom. The topological polar surface area (TPSA) is 163 Å². The third-order valence-corrected chi connectivity index (χ3v) is 9.22. The molecule has 0 spiro atoms. The molecule has 6 atom stereocenters. The number of hydrogen-bond acceptors (Lipinski definition) is 7. The van der Waals surface area contributed by atoms with Gasteiger partial charge in [0.1, 0.15) is 23.7 Å². The third kappa shape index (κ3) is 8.76. The summed E-state index contributed by atoms with van der Waals surface area (Å²) < 4.78 is 5.49. The molecular weight excluding hydrogens is 578 g/mol. The van der Waals surface area contributed by atoms with Crippen LogP contribution in [0.3, 0.4) is 0 Å². The lowest BCUT2D eigenvalue weighted by Gasteiger charge is -2.38. The van der Waals surface area contributed by atoms with Gasteiger partial charge in [-0.2, -0.15) is 0 Å². The van der Waals surface area contributed by atoms with E-state index in [9.17, 15) is 28.8 Å². The average Bonchev–Trinajstić information content (AvgIpc) is 3.74. The van der Waals surface area contributed by atoms with Gasteiger partial charge in [-0.25, -0.2) is 9.59 Å². The summed E-state index contributed by atoms with van der Waals surface area (Å²) in [5.74, 6) is -2.95. The summed E-state index contributed by atoms with van der Waals surface area (Å²) in [6.45, 7) is 20.7. The van der Waals surface area contributed by atoms with Crippen molar-refractivity contribution >= 4 is 35.5 Å². The Morgan fingerprint density at radius 3 is 2.02 bits per heavy atom. The molecule has 254 valence electrons. The minimum Gasteiger partial charge on any atom is -0.458 e. The van der Waals surface area contributed by atoms with Crippen LogP contribution in [0.4, 0.5) is 4.79 Å². The van der Waals surface area contributed by atoms with Gasteiger partial charge in [0.2, 0.25) is 17.6 Å². The number of carbonyl (C=O) groups excluding carboxylic acids is 6. The van der Waals surface area contributed by atoms with Crippen molar-refractivity contribution in [3.8, 4) is 0 Å². The van der Waals surface area contributed by atoms with Crippen LogP contribution in [0.5, 0.6) is 0 Å². The van der Waals surface area contributed by atoms with Crippen molar-refractivity contribution in [1.29, 1.82) is 0 Å². The van der Waals surface area contributed by atoms with E-state index >= 15 is 0 Å². The fourth-order valence-electron chi connectivity index (χ4n) is 6.39. The molecule has 3 fully saturated rings. The molecule has 45 heavy (non-hydrogen) atoms. The number of Topliss-reactive ketones (excluding diaryl/α,β-unsaturated/α-hetero) is 1. The Hall–Kier alpha value is -3.18. The van der Waals surface area contributed by atoms with Gasteiger partial charge < -0.3 is 30.9 Å². The number of amides is 5. The minimum absolute atomic E-state index is 0.0742. The summed E-state index contributed by atoms with van der Waals surface area (Å²) in [6, 6.07) is -4.50. The number of esters is 1. The fraction of sp³-hybridized carbons (Fsp3) is 0.818. The quantitative estimate of drug-likeness (QED) is 0.190. The summed E-state index contributed by atoms with van der Waals surface area (Å²) in [4.78, 5) is 81.3. The van der Waals surface area contributed by atoms with Gasteiger partial charge in [0, 0.05) is 13.1 Å². The molecule has 1 unspecified atom stereocenters. The van der Waals surface area contributed by atoms with E-state index in [-0.39, 0.29) is 29.1 Å². The van der Waals surface area contributed by atoms with Crippen molar-refractivity contribution in [3.05, 3.63) is 0 Å². The van der Waals surface area contributed by atoms with E-state index in [4.69, 9.17) is 4.74 Å². The second-order valence-electron chi connectivity index (χ2n) is 16.0. The Labute approximate surface area is 267 Å². The van der Waals surface area contributed by atoms with Gasteiger partial charge in [-0.3, -0.25) is 19.2 Å². The number of ketones is 1. The first-order valence-electron chi connectivity index (χ1n) is 16.3. The lowest BCUT2D eigenvalue weighted by molar-refractivity contribution is -0.158. The highest BCUT2D eigenvalue weighted by molar-refractivity contribution is 6.38. The van der Waals surface area contributed by atoms with Gasteiger partial charge in [-0.05, 0) is 68.6 Å². The lowest BCUT2D eigenvalue weighted by atomic mass is 9.85. The maximum Gasteiger partial charge on any atom is 0.329 e. The highest BCUT2D eigenvalue weighted by Crippen LogP contribution is 2.65. The largest absolute Gasteiger partial charge is 0.458 e. The van der Waals surface area contributed by atoms with Crippen molar-refractivity contribution in [2.75, 3.05) is 13.1 Å². The zero-order valence-electron chi connectivity index (χ0n) is 29.0. The Kier molecular flexibility index (Phi) is 10.7. The van der Waals surface area contributed by atoms with E-state index in [1.807, 2.05) is 20.8 Å². The number of hydrogen-bond donors (Lipinski definition) is 4. The normalized spacial score (nSPS) is 24.1. The third-order valence-electron chi connectivity index (χ3n) is 9.22. The highest BCUT2D eigenvalue weighted by atomic mass is 16.6. The van der Waals surface area contributed by atoms with Gasteiger partial charge in [0.05, 0.1) is 6.04 Å². The maximum absolute atomic E-state index is 14.2. The molecule has 1 aliphatic heterocycles. The molecule has 2 aliphatic carbocycles. The van der Waals surface area contributed by atoms with Gasteiger partial charge in [0.25, 0.3) is 5.91 Å². The van der Waals surface area contributed by atoms with Crippen LogP contribution in [0.15, 0.2) is 0 Å². The average molecular weight is 634 g/mol. The van der Waals surface area contributed by atoms with E-state index in [0.29, 0.717) is 19.5 Å². The van der Waals surface area contributed by atoms with Crippen molar-refractivity contribution in [2.45, 2.75) is 125 Å². The Balaban J connectivity index is 1.82. The van der Waals surface area contributed by atoms with E-state index in [0.717, 1.165) is 12.8 Å². The molecule has 0 bridgehead atoms. The summed E-state index contributed by atoms with van der Waals surface area (Å²) in [7, 11) is 0. The van der Waals surface area contributed by atoms with E-state index in [2.05, 4.69) is 35.1 Å². The molecule has 0 radical (unpaired) electrons. The highest BCUT2D eigenvalue weighted by Gasteiger charge is 2.70. The SMILES string of the molecule is CCNC(=O)C(=O)C(CC1CC1)NC(=O)[C@@H]1[C@@H]2[C@H](CN1C(=O)[C@@H](NC(=O)N[C@H](C(=O)OC(C)(C)C)C(C)C)C(C)(C)C)C2(C)C. The number of nitrogens with one attached hydrogen (secondary N) is 4. The molecule has 0 aromatic heterocycles.